The molecule has 6 nitrogen and oxygen atoms in total. The third-order valence-electron chi connectivity index (χ3n) is 4.09. The van der Waals surface area contributed by atoms with Crippen LogP contribution in [-0.4, -0.2) is 31.4 Å². The zero-order valence-corrected chi connectivity index (χ0v) is 16.2. The van der Waals surface area contributed by atoms with E-state index in [0.717, 1.165) is 22.6 Å². The Morgan fingerprint density at radius 2 is 1.96 bits per heavy atom. The molecule has 0 saturated heterocycles. The molecule has 0 aliphatic carbocycles. The molecule has 1 N–H and O–H groups in total. The second-order valence-corrected chi connectivity index (χ2v) is 7.02. The van der Waals surface area contributed by atoms with E-state index >= 15 is 0 Å². The van der Waals surface area contributed by atoms with Crippen molar-refractivity contribution >= 4 is 23.4 Å². The number of aromatic nitrogens is 4. The van der Waals surface area contributed by atoms with Crippen molar-refractivity contribution in [2.75, 3.05) is 11.1 Å². The van der Waals surface area contributed by atoms with Crippen LogP contribution >= 0.6 is 11.8 Å². The molecular weight excluding hydrogens is 358 g/mol. The second-order valence-electron chi connectivity index (χ2n) is 6.08. The number of amides is 1. The average molecular weight is 379 g/mol. The van der Waals surface area contributed by atoms with Crippen LogP contribution in [0.5, 0.6) is 0 Å². The topological polar surface area (TPSA) is 72.7 Å². The Balaban J connectivity index is 1.70. The molecule has 2 aromatic heterocycles. The van der Waals surface area contributed by atoms with E-state index in [0.29, 0.717) is 11.7 Å². The van der Waals surface area contributed by atoms with Crippen LogP contribution in [0, 0.1) is 13.8 Å². The van der Waals surface area contributed by atoms with Crippen molar-refractivity contribution in [2.45, 2.75) is 25.5 Å². The highest BCUT2D eigenvalue weighted by atomic mass is 32.2. The van der Waals surface area contributed by atoms with Crippen LogP contribution in [0.4, 0.5) is 5.69 Å². The molecule has 1 aromatic carbocycles. The Hall–Kier alpha value is -2.93. The molecule has 0 fully saturated rings. The molecule has 0 radical (unpaired) electrons. The van der Waals surface area contributed by atoms with Crippen molar-refractivity contribution in [3.05, 3.63) is 66.5 Å². The predicted molar refractivity (Wildman–Crippen MR) is 109 cm³/mol. The summed E-state index contributed by atoms with van der Waals surface area (Å²) in [4.78, 5) is 16.3. The van der Waals surface area contributed by atoms with Gasteiger partial charge in [0.1, 0.15) is 0 Å². The van der Waals surface area contributed by atoms with Crippen molar-refractivity contribution in [1.29, 1.82) is 0 Å². The maximum atomic E-state index is 12.3. The SMILES string of the molecule is C=CCn1c(SCC(=O)Nc2ccc(C)c(C)c2)nnc1-c1ccncc1. The molecule has 27 heavy (non-hydrogen) atoms. The van der Waals surface area contributed by atoms with Crippen LogP contribution in [0.15, 0.2) is 60.5 Å². The molecule has 3 aromatic rings. The van der Waals surface area contributed by atoms with Gasteiger partial charge in [-0.1, -0.05) is 23.9 Å². The number of aryl methyl sites for hydroxylation is 2. The lowest BCUT2D eigenvalue weighted by Gasteiger charge is -2.09. The molecule has 1 amide bonds. The van der Waals surface area contributed by atoms with E-state index in [1.165, 1.54) is 17.3 Å². The van der Waals surface area contributed by atoms with Gasteiger partial charge in [0.05, 0.1) is 5.75 Å². The number of benzene rings is 1. The largest absolute Gasteiger partial charge is 0.325 e. The lowest BCUT2D eigenvalue weighted by atomic mass is 10.1. The Bertz CT molecular complexity index is 952. The van der Waals surface area contributed by atoms with Gasteiger partial charge in [-0.25, -0.2) is 0 Å². The zero-order valence-electron chi connectivity index (χ0n) is 15.3. The summed E-state index contributed by atoms with van der Waals surface area (Å²) in [6, 6.07) is 9.64. The number of nitrogens with one attached hydrogen (secondary N) is 1. The number of carbonyl (C=O) groups is 1. The quantitative estimate of drug-likeness (QED) is 0.498. The minimum absolute atomic E-state index is 0.0816. The molecule has 0 unspecified atom stereocenters. The molecular formula is C20H21N5OS. The van der Waals surface area contributed by atoms with Crippen molar-refractivity contribution in [2.24, 2.45) is 0 Å². The number of nitrogens with zero attached hydrogens (tertiary/aromatic N) is 4. The maximum Gasteiger partial charge on any atom is 0.234 e. The first kappa shape index (κ1) is 18.8. The third-order valence-corrected chi connectivity index (χ3v) is 5.06. The van der Waals surface area contributed by atoms with E-state index in [1.54, 1.807) is 18.5 Å². The molecule has 0 bridgehead atoms. The number of pyridine rings is 1. The highest BCUT2D eigenvalue weighted by molar-refractivity contribution is 7.99. The average Bonchev–Trinajstić information content (AvgIpc) is 3.07. The van der Waals surface area contributed by atoms with Crippen LogP contribution in [0.3, 0.4) is 0 Å². The highest BCUT2D eigenvalue weighted by Crippen LogP contribution is 2.24. The molecule has 138 valence electrons. The van der Waals surface area contributed by atoms with Gasteiger partial charge in [-0.05, 0) is 49.2 Å². The first-order chi connectivity index (χ1) is 13.1. The number of hydrogen-bond acceptors (Lipinski definition) is 5. The fraction of sp³-hybridized carbons (Fsp3) is 0.200. The maximum absolute atomic E-state index is 12.3. The summed E-state index contributed by atoms with van der Waals surface area (Å²) in [7, 11) is 0. The van der Waals surface area contributed by atoms with Crippen molar-refractivity contribution < 1.29 is 4.79 Å². The van der Waals surface area contributed by atoms with Crippen LogP contribution in [0.2, 0.25) is 0 Å². The van der Waals surface area contributed by atoms with Crippen molar-refractivity contribution in [3.63, 3.8) is 0 Å². The number of carbonyl (C=O) groups excluding carboxylic acids is 1. The Morgan fingerprint density at radius 3 is 2.67 bits per heavy atom. The van der Waals surface area contributed by atoms with Gasteiger partial charge in [-0.2, -0.15) is 0 Å². The minimum atomic E-state index is -0.0816. The molecule has 7 heteroatoms. The second kappa shape index (κ2) is 8.64. The van der Waals surface area contributed by atoms with Gasteiger partial charge in [0.15, 0.2) is 11.0 Å². The minimum Gasteiger partial charge on any atom is -0.325 e. The van der Waals surface area contributed by atoms with Crippen molar-refractivity contribution in [1.82, 2.24) is 19.7 Å². The van der Waals surface area contributed by atoms with Gasteiger partial charge in [0, 0.05) is 30.2 Å². The van der Waals surface area contributed by atoms with E-state index in [2.05, 4.69) is 27.1 Å². The molecule has 0 atom stereocenters. The lowest BCUT2D eigenvalue weighted by molar-refractivity contribution is -0.113. The Labute approximate surface area is 162 Å². The summed E-state index contributed by atoms with van der Waals surface area (Å²) in [6.07, 6.45) is 5.21. The number of allylic oxidation sites excluding steroid dienone is 1. The summed E-state index contributed by atoms with van der Waals surface area (Å²) >= 11 is 1.35. The van der Waals surface area contributed by atoms with Crippen LogP contribution in [0.1, 0.15) is 11.1 Å². The normalized spacial score (nSPS) is 10.6. The summed E-state index contributed by atoms with van der Waals surface area (Å²) in [5.41, 5.74) is 4.07. The van der Waals surface area contributed by atoms with Gasteiger partial charge in [0.2, 0.25) is 5.91 Å². The van der Waals surface area contributed by atoms with E-state index in [-0.39, 0.29) is 11.7 Å². The van der Waals surface area contributed by atoms with Gasteiger partial charge in [0.25, 0.3) is 0 Å². The molecule has 2 heterocycles. The summed E-state index contributed by atoms with van der Waals surface area (Å²) in [6.45, 7) is 8.43. The van der Waals surface area contributed by atoms with Gasteiger partial charge in [-0.15, -0.1) is 16.8 Å². The molecule has 0 saturated carbocycles. The summed E-state index contributed by atoms with van der Waals surface area (Å²) in [5.74, 6) is 0.898. The molecule has 0 aliphatic rings. The first-order valence-electron chi connectivity index (χ1n) is 8.53. The lowest BCUT2D eigenvalue weighted by Crippen LogP contribution is -2.14. The Morgan fingerprint density at radius 1 is 1.19 bits per heavy atom. The van der Waals surface area contributed by atoms with E-state index in [1.807, 2.05) is 48.7 Å². The molecule has 3 rings (SSSR count). The van der Waals surface area contributed by atoms with E-state index in [9.17, 15) is 4.79 Å². The smallest absolute Gasteiger partial charge is 0.234 e. The Kier molecular flexibility index (Phi) is 6.03. The van der Waals surface area contributed by atoms with Gasteiger partial charge in [-0.3, -0.25) is 14.3 Å². The van der Waals surface area contributed by atoms with Crippen LogP contribution in [-0.2, 0) is 11.3 Å². The third kappa shape index (κ3) is 4.62. The fourth-order valence-electron chi connectivity index (χ4n) is 2.55. The van der Waals surface area contributed by atoms with E-state index in [4.69, 9.17) is 0 Å². The zero-order chi connectivity index (χ0) is 19.2. The van der Waals surface area contributed by atoms with Gasteiger partial charge >= 0.3 is 0 Å². The summed E-state index contributed by atoms with van der Waals surface area (Å²) in [5, 5.41) is 12.1. The van der Waals surface area contributed by atoms with Crippen LogP contribution < -0.4 is 5.32 Å². The number of thioether (sulfide) groups is 1. The first-order valence-corrected chi connectivity index (χ1v) is 9.51. The summed E-state index contributed by atoms with van der Waals surface area (Å²) < 4.78 is 1.94. The van der Waals surface area contributed by atoms with Crippen molar-refractivity contribution in [3.8, 4) is 11.4 Å². The number of anilines is 1. The monoisotopic (exact) mass is 379 g/mol. The molecule has 0 aliphatic heterocycles. The van der Waals surface area contributed by atoms with Gasteiger partial charge < -0.3 is 5.32 Å². The molecule has 0 spiro atoms. The number of hydrogen-bond donors (Lipinski definition) is 1. The standard InChI is InChI=1S/C20H21N5OS/c1-4-11-25-19(16-7-9-21-10-8-16)23-24-20(25)27-13-18(26)22-17-6-5-14(2)15(3)12-17/h4-10,12H,1,11,13H2,2-3H3,(H,22,26). The van der Waals surface area contributed by atoms with Crippen LogP contribution in [0.25, 0.3) is 11.4 Å². The van der Waals surface area contributed by atoms with E-state index < -0.39 is 0 Å². The predicted octanol–water partition coefficient (Wildman–Crippen LogP) is 3.87. The fourth-order valence-corrected chi connectivity index (χ4v) is 3.30. The highest BCUT2D eigenvalue weighted by Gasteiger charge is 2.15. The number of rotatable bonds is 7.